The second kappa shape index (κ2) is 6.06. The number of benzene rings is 1. The summed E-state index contributed by atoms with van der Waals surface area (Å²) in [6, 6.07) is 8.66. The highest BCUT2D eigenvalue weighted by Crippen LogP contribution is 2.42. The highest BCUT2D eigenvalue weighted by Gasteiger charge is 2.31. The van der Waals surface area contributed by atoms with Crippen molar-refractivity contribution in [2.24, 2.45) is 5.92 Å². The summed E-state index contributed by atoms with van der Waals surface area (Å²) in [5.74, 6) is 2.57. The summed E-state index contributed by atoms with van der Waals surface area (Å²) < 4.78 is 5.47. The summed E-state index contributed by atoms with van der Waals surface area (Å²) in [5, 5.41) is 3.46. The van der Waals surface area contributed by atoms with Crippen LogP contribution in [0.2, 0.25) is 0 Å². The molecule has 0 radical (unpaired) electrons. The maximum atomic E-state index is 5.47. The second-order valence-electron chi connectivity index (χ2n) is 4.75. The summed E-state index contributed by atoms with van der Waals surface area (Å²) in [6.45, 7) is 7.17. The fourth-order valence-corrected chi connectivity index (χ4v) is 2.56. The number of rotatable bonds is 6. The molecule has 2 rings (SSSR count). The molecule has 1 N–H and O–H groups in total. The Labute approximate surface area is 104 Å². The van der Waals surface area contributed by atoms with Gasteiger partial charge in [0.1, 0.15) is 5.75 Å². The zero-order chi connectivity index (χ0) is 12.1. The summed E-state index contributed by atoms with van der Waals surface area (Å²) in [6.07, 6.45) is 2.70. The van der Waals surface area contributed by atoms with Crippen LogP contribution in [0.5, 0.6) is 5.75 Å². The first kappa shape index (κ1) is 12.4. The molecule has 94 valence electrons. The summed E-state index contributed by atoms with van der Waals surface area (Å²) in [4.78, 5) is 0. The smallest absolute Gasteiger partial charge is 0.119 e. The van der Waals surface area contributed by atoms with Crippen molar-refractivity contribution >= 4 is 0 Å². The van der Waals surface area contributed by atoms with Gasteiger partial charge in [0.2, 0.25) is 0 Å². The quantitative estimate of drug-likeness (QED) is 0.814. The molecule has 1 aromatic carbocycles. The fraction of sp³-hybridized carbons (Fsp3) is 0.600. The highest BCUT2D eigenvalue weighted by atomic mass is 16.5. The van der Waals surface area contributed by atoms with Gasteiger partial charge in [0, 0.05) is 0 Å². The molecular weight excluding hydrogens is 210 g/mol. The average molecular weight is 233 g/mol. The molecule has 0 bridgehead atoms. The van der Waals surface area contributed by atoms with E-state index < -0.39 is 0 Å². The van der Waals surface area contributed by atoms with Gasteiger partial charge in [-0.05, 0) is 62.4 Å². The Morgan fingerprint density at radius 1 is 1.18 bits per heavy atom. The monoisotopic (exact) mass is 233 g/mol. The van der Waals surface area contributed by atoms with Crippen LogP contribution in [0.1, 0.15) is 38.2 Å². The molecule has 2 nitrogen and oxygen atoms in total. The number of hydrogen-bond acceptors (Lipinski definition) is 2. The third-order valence-corrected chi connectivity index (χ3v) is 3.69. The lowest BCUT2D eigenvalue weighted by molar-refractivity contribution is 0.247. The van der Waals surface area contributed by atoms with Gasteiger partial charge < -0.3 is 10.1 Å². The van der Waals surface area contributed by atoms with Crippen LogP contribution in [-0.4, -0.2) is 19.7 Å². The fourth-order valence-electron chi connectivity index (χ4n) is 2.56. The minimum atomic E-state index is 0.742. The van der Waals surface area contributed by atoms with Crippen molar-refractivity contribution in [3.63, 3.8) is 0 Å². The first-order valence-electron chi connectivity index (χ1n) is 6.78. The van der Waals surface area contributed by atoms with Gasteiger partial charge in [0.25, 0.3) is 0 Å². The molecule has 1 aliphatic carbocycles. The van der Waals surface area contributed by atoms with Gasteiger partial charge >= 0.3 is 0 Å². The molecule has 17 heavy (non-hydrogen) atoms. The third-order valence-electron chi connectivity index (χ3n) is 3.69. The lowest BCUT2D eigenvalue weighted by Gasteiger charge is -2.37. The van der Waals surface area contributed by atoms with Crippen LogP contribution in [0.3, 0.4) is 0 Å². The van der Waals surface area contributed by atoms with Gasteiger partial charge in [-0.25, -0.2) is 0 Å². The van der Waals surface area contributed by atoms with Crippen molar-refractivity contribution in [1.29, 1.82) is 0 Å². The van der Waals surface area contributed by atoms with Crippen molar-refractivity contribution in [1.82, 2.24) is 5.32 Å². The van der Waals surface area contributed by atoms with Gasteiger partial charge in [-0.15, -0.1) is 0 Å². The maximum absolute atomic E-state index is 5.47. The zero-order valence-electron chi connectivity index (χ0n) is 10.9. The summed E-state index contributed by atoms with van der Waals surface area (Å²) >= 11 is 0. The Morgan fingerprint density at radius 2 is 1.94 bits per heavy atom. The van der Waals surface area contributed by atoms with E-state index in [1.54, 1.807) is 0 Å². The van der Waals surface area contributed by atoms with Gasteiger partial charge in [-0.3, -0.25) is 0 Å². The molecule has 0 saturated heterocycles. The van der Waals surface area contributed by atoms with E-state index in [9.17, 15) is 0 Å². The van der Waals surface area contributed by atoms with E-state index in [0.29, 0.717) is 0 Å². The zero-order valence-corrected chi connectivity index (χ0v) is 10.9. The topological polar surface area (TPSA) is 21.3 Å². The van der Waals surface area contributed by atoms with Crippen LogP contribution < -0.4 is 10.1 Å². The molecule has 2 unspecified atom stereocenters. The van der Waals surface area contributed by atoms with Gasteiger partial charge in [0.15, 0.2) is 0 Å². The van der Waals surface area contributed by atoms with Crippen molar-refractivity contribution < 1.29 is 4.74 Å². The molecule has 2 heteroatoms. The van der Waals surface area contributed by atoms with E-state index in [2.05, 4.69) is 36.5 Å². The molecule has 1 aliphatic rings. The maximum Gasteiger partial charge on any atom is 0.119 e. The van der Waals surface area contributed by atoms with E-state index in [4.69, 9.17) is 4.74 Å². The Hall–Kier alpha value is -1.02. The first-order chi connectivity index (χ1) is 8.35. The van der Waals surface area contributed by atoms with Crippen LogP contribution >= 0.6 is 0 Å². The number of nitrogens with one attached hydrogen (secondary N) is 1. The molecule has 1 aromatic rings. The van der Waals surface area contributed by atoms with E-state index in [0.717, 1.165) is 37.3 Å². The Kier molecular flexibility index (Phi) is 4.43. The predicted octanol–water partition coefficient (Wildman–Crippen LogP) is 3.19. The first-order valence-corrected chi connectivity index (χ1v) is 6.78. The predicted molar refractivity (Wildman–Crippen MR) is 71.6 cm³/mol. The molecule has 0 amide bonds. The Morgan fingerprint density at radius 3 is 2.47 bits per heavy atom. The standard InChI is InChI=1S/C15H23NO/c1-3-16-11-13-7-10-15(13)12-5-8-14(9-6-12)17-4-2/h5-6,8-9,13,15-16H,3-4,7,10-11H2,1-2H3. The van der Waals surface area contributed by atoms with Gasteiger partial charge in [-0.1, -0.05) is 19.1 Å². The summed E-state index contributed by atoms with van der Waals surface area (Å²) in [5.41, 5.74) is 1.47. The van der Waals surface area contributed by atoms with Crippen LogP contribution in [0.4, 0.5) is 0 Å². The SMILES string of the molecule is CCNCC1CCC1c1ccc(OCC)cc1. The molecule has 1 saturated carbocycles. The molecule has 0 aliphatic heterocycles. The number of ether oxygens (including phenoxy) is 1. The van der Waals surface area contributed by atoms with Crippen LogP contribution in [0.25, 0.3) is 0 Å². The van der Waals surface area contributed by atoms with E-state index in [1.807, 2.05) is 6.92 Å². The van der Waals surface area contributed by atoms with E-state index in [-0.39, 0.29) is 0 Å². The van der Waals surface area contributed by atoms with Crippen LogP contribution in [0.15, 0.2) is 24.3 Å². The Balaban J connectivity index is 1.93. The van der Waals surface area contributed by atoms with Crippen molar-refractivity contribution in [2.45, 2.75) is 32.6 Å². The van der Waals surface area contributed by atoms with E-state index >= 15 is 0 Å². The summed E-state index contributed by atoms with van der Waals surface area (Å²) in [7, 11) is 0. The van der Waals surface area contributed by atoms with Crippen LogP contribution in [-0.2, 0) is 0 Å². The lowest BCUT2D eigenvalue weighted by atomic mass is 9.70. The van der Waals surface area contributed by atoms with Crippen LogP contribution in [0, 0.1) is 5.92 Å². The molecule has 0 heterocycles. The minimum absolute atomic E-state index is 0.742. The van der Waals surface area contributed by atoms with Crippen molar-refractivity contribution in [3.8, 4) is 5.75 Å². The third kappa shape index (κ3) is 3.01. The molecule has 2 atom stereocenters. The molecule has 1 fully saturated rings. The molecular formula is C15H23NO. The largest absolute Gasteiger partial charge is 0.494 e. The highest BCUT2D eigenvalue weighted by molar-refractivity contribution is 5.31. The minimum Gasteiger partial charge on any atom is -0.494 e. The molecule has 0 aromatic heterocycles. The van der Waals surface area contributed by atoms with E-state index in [1.165, 1.54) is 18.4 Å². The Bertz CT molecular complexity index is 333. The van der Waals surface area contributed by atoms with Gasteiger partial charge in [0.05, 0.1) is 6.61 Å². The molecule has 0 spiro atoms. The van der Waals surface area contributed by atoms with Crippen molar-refractivity contribution in [2.75, 3.05) is 19.7 Å². The average Bonchev–Trinajstić information content (AvgIpc) is 2.31. The second-order valence-corrected chi connectivity index (χ2v) is 4.75. The van der Waals surface area contributed by atoms with Crippen molar-refractivity contribution in [3.05, 3.63) is 29.8 Å². The normalized spacial score (nSPS) is 23.2. The lowest BCUT2D eigenvalue weighted by Crippen LogP contribution is -2.33. The van der Waals surface area contributed by atoms with Gasteiger partial charge in [-0.2, -0.15) is 0 Å². The number of hydrogen-bond donors (Lipinski definition) is 1.